The number of benzene rings is 1. The van der Waals surface area contributed by atoms with Crippen molar-refractivity contribution < 1.29 is 13.2 Å². The van der Waals surface area contributed by atoms with Crippen LogP contribution in [0.5, 0.6) is 6.01 Å². The van der Waals surface area contributed by atoms with Crippen LogP contribution in [0.4, 0.5) is 5.95 Å². The topological polar surface area (TPSA) is 97.0 Å². The molecule has 8 heteroatoms. The first-order chi connectivity index (χ1) is 9.42. The molecule has 0 aliphatic heterocycles. The molecule has 0 bridgehead atoms. The van der Waals surface area contributed by atoms with Crippen LogP contribution in [0.2, 0.25) is 0 Å². The van der Waals surface area contributed by atoms with E-state index in [0.29, 0.717) is 12.2 Å². The molecule has 1 aromatic carbocycles. The molecule has 7 nitrogen and oxygen atoms in total. The monoisotopic (exact) mass is 296 g/mol. The summed E-state index contributed by atoms with van der Waals surface area (Å²) in [5.41, 5.74) is 1.67. The molecule has 0 saturated heterocycles. The van der Waals surface area contributed by atoms with Crippen molar-refractivity contribution in [3.63, 3.8) is 0 Å². The number of anilines is 1. The van der Waals surface area contributed by atoms with Crippen molar-refractivity contribution in [1.29, 1.82) is 0 Å². The van der Waals surface area contributed by atoms with Gasteiger partial charge in [-0.25, -0.2) is 18.2 Å². The summed E-state index contributed by atoms with van der Waals surface area (Å²) in [6.07, 6.45) is 0. The zero-order chi connectivity index (χ0) is 14.8. The van der Waals surface area contributed by atoms with Gasteiger partial charge in [0.1, 0.15) is 0 Å². The van der Waals surface area contributed by atoms with Crippen molar-refractivity contribution in [2.24, 2.45) is 0 Å². The van der Waals surface area contributed by atoms with Gasteiger partial charge in [-0.15, -0.1) is 5.10 Å². The Hall–Kier alpha value is -2.09. The molecule has 2 rings (SSSR count). The van der Waals surface area contributed by atoms with E-state index < -0.39 is 10.0 Å². The van der Waals surface area contributed by atoms with Crippen molar-refractivity contribution in [2.45, 2.75) is 25.7 Å². The van der Waals surface area contributed by atoms with Gasteiger partial charge >= 0.3 is 6.01 Å². The number of aryl methyl sites for hydroxylation is 2. The number of aromatic nitrogens is 3. The van der Waals surface area contributed by atoms with E-state index >= 15 is 0 Å². The highest BCUT2D eigenvalue weighted by molar-refractivity contribution is 7.92. The molecule has 1 heterocycles. The molecule has 0 spiro atoms. The van der Waals surface area contributed by atoms with E-state index in [1.165, 1.54) is 0 Å². The fraction of sp³-hybridized carbons (Fsp3) is 0.333. The summed E-state index contributed by atoms with van der Waals surface area (Å²) in [5.74, 6) is 0.0217. The van der Waals surface area contributed by atoms with Crippen molar-refractivity contribution in [1.82, 2.24) is 15.2 Å². The summed E-state index contributed by atoms with van der Waals surface area (Å²) in [7, 11) is -3.70. The highest BCUT2D eigenvalue weighted by Gasteiger charge is 2.18. The fourth-order valence-corrected chi connectivity index (χ4v) is 2.95. The number of rotatable bonds is 5. The Morgan fingerprint density at radius 3 is 2.75 bits per heavy atom. The van der Waals surface area contributed by atoms with E-state index in [4.69, 9.17) is 4.74 Å². The number of hydrogen-bond acceptors (Lipinski definition) is 5. The molecular formula is C12H16N4O3S. The zero-order valence-electron chi connectivity index (χ0n) is 11.5. The standard InChI is InChI=1S/C12H16N4O3S/c1-4-19-12-13-11(14-15-12)16-20(17,18)10-6-5-8(2)7-9(10)3/h5-7H,4H2,1-3H3,(H2,13,14,15,16). The van der Waals surface area contributed by atoms with E-state index in [9.17, 15) is 8.42 Å². The Labute approximate surface area is 117 Å². The molecule has 2 N–H and O–H groups in total. The van der Waals surface area contributed by atoms with Crippen LogP contribution < -0.4 is 9.46 Å². The van der Waals surface area contributed by atoms with E-state index in [-0.39, 0.29) is 16.9 Å². The largest absolute Gasteiger partial charge is 0.463 e. The number of nitrogens with zero attached hydrogens (tertiary/aromatic N) is 2. The van der Waals surface area contributed by atoms with Gasteiger partial charge in [0.2, 0.25) is 5.95 Å². The lowest BCUT2D eigenvalue weighted by Gasteiger charge is -2.08. The molecule has 0 aliphatic carbocycles. The number of H-pyrrole nitrogens is 1. The minimum absolute atomic E-state index is 0.0217. The molecular weight excluding hydrogens is 280 g/mol. The minimum atomic E-state index is -3.70. The Morgan fingerprint density at radius 1 is 1.35 bits per heavy atom. The van der Waals surface area contributed by atoms with E-state index in [1.807, 2.05) is 6.92 Å². The van der Waals surface area contributed by atoms with Gasteiger partial charge in [0, 0.05) is 0 Å². The maximum Gasteiger partial charge on any atom is 0.337 e. The first-order valence-corrected chi connectivity index (χ1v) is 7.56. The van der Waals surface area contributed by atoms with Gasteiger partial charge in [-0.2, -0.15) is 4.98 Å². The van der Waals surface area contributed by atoms with Crippen molar-refractivity contribution in [2.75, 3.05) is 11.3 Å². The van der Waals surface area contributed by atoms with Crippen LogP contribution in [-0.4, -0.2) is 30.2 Å². The fourth-order valence-electron chi connectivity index (χ4n) is 1.77. The summed E-state index contributed by atoms with van der Waals surface area (Å²) in [4.78, 5) is 4.08. The number of hydrogen-bond donors (Lipinski definition) is 2. The molecule has 0 saturated carbocycles. The van der Waals surface area contributed by atoms with Gasteiger partial charge in [-0.1, -0.05) is 17.7 Å². The normalized spacial score (nSPS) is 11.3. The smallest absolute Gasteiger partial charge is 0.337 e. The van der Waals surface area contributed by atoms with Gasteiger partial charge in [0.25, 0.3) is 10.0 Å². The third kappa shape index (κ3) is 3.08. The Bertz CT molecular complexity index is 709. The maximum absolute atomic E-state index is 12.3. The predicted molar refractivity (Wildman–Crippen MR) is 74.3 cm³/mol. The average Bonchev–Trinajstić information content (AvgIpc) is 2.75. The summed E-state index contributed by atoms with van der Waals surface area (Å²) < 4.78 is 31.9. The van der Waals surface area contributed by atoms with Crippen molar-refractivity contribution >= 4 is 16.0 Å². The number of sulfonamides is 1. The SMILES string of the molecule is CCOc1n[nH]c(NS(=O)(=O)c2ccc(C)cc2C)n1. The van der Waals surface area contributed by atoms with Gasteiger partial charge in [0.05, 0.1) is 11.5 Å². The van der Waals surface area contributed by atoms with Crippen LogP contribution in [0.15, 0.2) is 23.1 Å². The van der Waals surface area contributed by atoms with E-state index in [0.717, 1.165) is 5.56 Å². The molecule has 0 amide bonds. The summed E-state index contributed by atoms with van der Waals surface area (Å²) in [6, 6.07) is 5.21. The van der Waals surface area contributed by atoms with E-state index in [1.54, 1.807) is 32.0 Å². The molecule has 2 aromatic rings. The first kappa shape index (κ1) is 14.3. The Morgan fingerprint density at radius 2 is 2.10 bits per heavy atom. The van der Waals surface area contributed by atoms with Gasteiger partial charge in [-0.05, 0) is 32.4 Å². The Balaban J connectivity index is 2.26. The maximum atomic E-state index is 12.3. The predicted octanol–water partition coefficient (Wildman–Crippen LogP) is 1.62. The molecule has 0 unspecified atom stereocenters. The van der Waals surface area contributed by atoms with Crippen molar-refractivity contribution in [3.8, 4) is 6.01 Å². The molecule has 0 aliphatic rings. The van der Waals surface area contributed by atoms with Crippen LogP contribution in [0.25, 0.3) is 0 Å². The van der Waals surface area contributed by atoms with Crippen LogP contribution >= 0.6 is 0 Å². The lowest BCUT2D eigenvalue weighted by molar-refractivity contribution is 0.314. The molecule has 0 radical (unpaired) electrons. The zero-order valence-corrected chi connectivity index (χ0v) is 12.3. The molecule has 20 heavy (non-hydrogen) atoms. The number of nitrogens with one attached hydrogen (secondary N) is 2. The lowest BCUT2D eigenvalue weighted by atomic mass is 10.2. The number of aromatic amines is 1. The molecule has 1 aromatic heterocycles. The third-order valence-corrected chi connectivity index (χ3v) is 4.09. The van der Waals surface area contributed by atoms with Crippen LogP contribution in [0.3, 0.4) is 0 Å². The summed E-state index contributed by atoms with van der Waals surface area (Å²) >= 11 is 0. The minimum Gasteiger partial charge on any atom is -0.463 e. The van der Waals surface area contributed by atoms with Crippen LogP contribution in [0, 0.1) is 13.8 Å². The van der Waals surface area contributed by atoms with Gasteiger partial charge in [0.15, 0.2) is 0 Å². The van der Waals surface area contributed by atoms with E-state index in [2.05, 4.69) is 19.9 Å². The summed E-state index contributed by atoms with van der Waals surface area (Å²) in [6.45, 7) is 5.84. The third-order valence-electron chi connectivity index (χ3n) is 2.59. The second-order valence-electron chi connectivity index (χ2n) is 4.27. The molecule has 0 fully saturated rings. The Kier molecular flexibility index (Phi) is 3.93. The second kappa shape index (κ2) is 5.49. The highest BCUT2D eigenvalue weighted by atomic mass is 32.2. The van der Waals surface area contributed by atoms with Crippen LogP contribution in [-0.2, 0) is 10.0 Å². The highest BCUT2D eigenvalue weighted by Crippen LogP contribution is 2.19. The van der Waals surface area contributed by atoms with Crippen molar-refractivity contribution in [3.05, 3.63) is 29.3 Å². The van der Waals surface area contributed by atoms with Crippen LogP contribution in [0.1, 0.15) is 18.1 Å². The molecule has 108 valence electrons. The molecule has 0 atom stereocenters. The quantitative estimate of drug-likeness (QED) is 0.874. The first-order valence-electron chi connectivity index (χ1n) is 6.07. The summed E-state index contributed by atoms with van der Waals surface area (Å²) in [5, 5.41) is 6.21. The average molecular weight is 296 g/mol. The second-order valence-corrected chi connectivity index (χ2v) is 5.92. The number of ether oxygens (including phenoxy) is 1. The van der Waals surface area contributed by atoms with Gasteiger partial charge in [-0.3, -0.25) is 0 Å². The van der Waals surface area contributed by atoms with Gasteiger partial charge < -0.3 is 4.74 Å². The lowest BCUT2D eigenvalue weighted by Crippen LogP contribution is -2.15.